The van der Waals surface area contributed by atoms with Crippen LogP contribution in [0.4, 0.5) is 0 Å². The van der Waals surface area contributed by atoms with Gasteiger partial charge >= 0.3 is 42.8 Å². The van der Waals surface area contributed by atoms with E-state index in [-0.39, 0.29) is 108 Å². The molecular formula is C21H27N4O8Tm. The smallest absolute Gasteiger partial charge is 0.549 e. The van der Waals surface area contributed by atoms with Crippen LogP contribution >= 0.6 is 0 Å². The summed E-state index contributed by atoms with van der Waals surface area (Å²) in [6, 6.07) is 4.07. The standard InChI is InChI=1S/C21H30N4O8.Tm/c26-18(27)6-2-5-17(21(32)33)25-9-7-23(13-19(28)29)11-15-3-1-4-16(22-15)12-24(8-10-25)14-20(30)31;/h1,3-4,17H,2,5-14H2,(H,26,27)(H,28,29)(H,30,31)(H,32,33);/q;+3/p-3. The monoisotopic (exact) mass is 632 g/mol. The summed E-state index contributed by atoms with van der Waals surface area (Å²) in [5.41, 5.74) is 1.15. The van der Waals surface area contributed by atoms with Crippen molar-refractivity contribution in [1.29, 1.82) is 0 Å². The first kappa shape index (κ1) is 30.2. The van der Waals surface area contributed by atoms with E-state index in [4.69, 9.17) is 5.11 Å². The van der Waals surface area contributed by atoms with Crippen LogP contribution in [0.2, 0.25) is 0 Å². The van der Waals surface area contributed by atoms with Crippen LogP contribution < -0.4 is 15.3 Å². The molecule has 0 fully saturated rings. The van der Waals surface area contributed by atoms with Crippen LogP contribution in [0.5, 0.6) is 0 Å². The van der Waals surface area contributed by atoms with Crippen molar-refractivity contribution in [2.75, 3.05) is 39.3 Å². The Bertz CT molecular complexity index is 811. The number of hydrogen-bond donors (Lipinski definition) is 1. The molecule has 0 amide bonds. The molecule has 1 aliphatic rings. The summed E-state index contributed by atoms with van der Waals surface area (Å²) < 4.78 is 0. The number of carboxylic acid groups (broad SMARTS) is 4. The molecule has 192 valence electrons. The molecule has 2 bridgehead atoms. The summed E-state index contributed by atoms with van der Waals surface area (Å²) in [4.78, 5) is 54.3. The number of carbonyl (C=O) groups is 4. The zero-order valence-electron chi connectivity index (χ0n) is 18.5. The fourth-order valence-corrected chi connectivity index (χ4v) is 3.82. The largest absolute Gasteiger partial charge is 3.00 e. The van der Waals surface area contributed by atoms with Crippen LogP contribution in [0.25, 0.3) is 0 Å². The minimum Gasteiger partial charge on any atom is -0.549 e. The second-order valence-electron chi connectivity index (χ2n) is 7.94. The summed E-state index contributed by atoms with van der Waals surface area (Å²) in [6.07, 6.45) is -0.0633. The Hall–Kier alpha value is -1.86. The molecule has 1 N–H and O–H groups in total. The molecule has 2 heterocycles. The van der Waals surface area contributed by atoms with Crippen molar-refractivity contribution in [3.63, 3.8) is 0 Å². The van der Waals surface area contributed by atoms with Gasteiger partial charge in [0.05, 0.1) is 29.3 Å². The van der Waals surface area contributed by atoms with Gasteiger partial charge in [-0.15, -0.1) is 0 Å². The third-order valence-corrected chi connectivity index (χ3v) is 5.33. The van der Waals surface area contributed by atoms with Crippen molar-refractivity contribution >= 4 is 23.9 Å². The van der Waals surface area contributed by atoms with Crippen molar-refractivity contribution in [2.24, 2.45) is 0 Å². The third-order valence-electron chi connectivity index (χ3n) is 5.33. The first-order chi connectivity index (χ1) is 15.6. The second-order valence-corrected chi connectivity index (χ2v) is 7.94. The summed E-state index contributed by atoms with van der Waals surface area (Å²) in [7, 11) is 0. The Kier molecular flexibility index (Phi) is 13.5. The molecule has 0 spiro atoms. The predicted octanol–water partition coefficient (Wildman–Crippen LogP) is -4.13. The molecular weight excluding hydrogens is 605 g/mol. The van der Waals surface area contributed by atoms with Gasteiger partial charge in [0.15, 0.2) is 0 Å². The topological polar surface area (TPSA) is 180 Å². The van der Waals surface area contributed by atoms with Crippen LogP contribution in [0.15, 0.2) is 18.2 Å². The van der Waals surface area contributed by atoms with Crippen LogP contribution in [-0.4, -0.2) is 94.0 Å². The molecule has 12 nitrogen and oxygen atoms in total. The Morgan fingerprint density at radius 3 is 1.82 bits per heavy atom. The molecule has 1 unspecified atom stereocenters. The van der Waals surface area contributed by atoms with E-state index in [2.05, 4.69) is 4.98 Å². The van der Waals surface area contributed by atoms with E-state index < -0.39 is 29.9 Å². The SMILES string of the molecule is O=C([O-])CN1CCN(C(CCCC(=O)O)C(=O)[O-])CCN(CC(=O)[O-])Cc2cccc(n2)C1.[Tm+3]. The van der Waals surface area contributed by atoms with Gasteiger partial charge in [0, 0.05) is 64.8 Å². The molecule has 1 aromatic heterocycles. The van der Waals surface area contributed by atoms with Gasteiger partial charge in [-0.2, -0.15) is 0 Å². The number of nitrogens with zero attached hydrogens (tertiary/aromatic N) is 4. The van der Waals surface area contributed by atoms with E-state index in [0.717, 1.165) is 0 Å². The molecule has 13 heteroatoms. The summed E-state index contributed by atoms with van der Waals surface area (Å²) >= 11 is 0. The van der Waals surface area contributed by atoms with E-state index in [1.165, 1.54) is 0 Å². The van der Waals surface area contributed by atoms with Gasteiger partial charge in [0.25, 0.3) is 0 Å². The normalized spacial score (nSPS) is 16.9. The molecule has 0 saturated carbocycles. The van der Waals surface area contributed by atoms with Gasteiger partial charge in [0.1, 0.15) is 0 Å². The first-order valence-corrected chi connectivity index (χ1v) is 10.6. The third kappa shape index (κ3) is 11.0. The van der Waals surface area contributed by atoms with E-state index in [1.807, 2.05) is 0 Å². The van der Waals surface area contributed by atoms with Crippen molar-refractivity contribution in [3.05, 3.63) is 29.6 Å². The molecule has 1 aliphatic heterocycles. The van der Waals surface area contributed by atoms with E-state index in [1.54, 1.807) is 32.9 Å². The molecule has 0 aromatic carbocycles. The molecule has 0 radical (unpaired) electrons. The quantitative estimate of drug-likeness (QED) is 0.264. The first-order valence-electron chi connectivity index (χ1n) is 10.6. The number of pyridine rings is 1. The molecule has 34 heavy (non-hydrogen) atoms. The van der Waals surface area contributed by atoms with Gasteiger partial charge in [-0.25, -0.2) is 0 Å². The number of aliphatic carboxylic acids is 4. The Labute approximate surface area is 226 Å². The maximum atomic E-state index is 11.9. The number of aromatic nitrogens is 1. The summed E-state index contributed by atoms with van der Waals surface area (Å²) in [5.74, 6) is -5.00. The van der Waals surface area contributed by atoms with Crippen LogP contribution in [-0.2, 0) is 32.3 Å². The second kappa shape index (κ2) is 15.2. The maximum absolute atomic E-state index is 11.9. The van der Waals surface area contributed by atoms with Crippen molar-refractivity contribution in [3.8, 4) is 0 Å². The molecule has 0 saturated heterocycles. The number of rotatable bonds is 10. The van der Waals surface area contributed by atoms with Crippen molar-refractivity contribution in [1.82, 2.24) is 19.7 Å². The van der Waals surface area contributed by atoms with Gasteiger partial charge in [-0.05, 0) is 25.0 Å². The van der Waals surface area contributed by atoms with Gasteiger partial charge in [-0.1, -0.05) is 6.07 Å². The number of fused-ring (bicyclic) bond motifs is 2. The predicted molar refractivity (Wildman–Crippen MR) is 107 cm³/mol. The molecule has 0 aliphatic carbocycles. The van der Waals surface area contributed by atoms with Gasteiger partial charge in [-0.3, -0.25) is 24.5 Å². The van der Waals surface area contributed by atoms with E-state index >= 15 is 0 Å². The van der Waals surface area contributed by atoms with E-state index in [0.29, 0.717) is 11.4 Å². The van der Waals surface area contributed by atoms with E-state index in [9.17, 15) is 34.5 Å². The fraction of sp³-hybridized carbons (Fsp3) is 0.571. The minimum absolute atomic E-state index is 0. The Morgan fingerprint density at radius 1 is 0.912 bits per heavy atom. The minimum atomic E-state index is -1.38. The average molecular weight is 632 g/mol. The zero-order chi connectivity index (χ0) is 24.4. The summed E-state index contributed by atoms with van der Waals surface area (Å²) in [5, 5.41) is 43.2. The number of carbonyl (C=O) groups excluding carboxylic acids is 3. The summed E-state index contributed by atoms with van der Waals surface area (Å²) in [6.45, 7) is 0.190. The van der Waals surface area contributed by atoms with Crippen LogP contribution in [0.3, 0.4) is 0 Å². The fourth-order valence-electron chi connectivity index (χ4n) is 3.82. The zero-order valence-corrected chi connectivity index (χ0v) is 20.2. The van der Waals surface area contributed by atoms with Gasteiger partial charge < -0.3 is 34.8 Å². The Morgan fingerprint density at radius 2 is 1.41 bits per heavy atom. The van der Waals surface area contributed by atoms with Crippen LogP contribution in [0, 0.1) is 36.9 Å². The molecule has 1 aromatic rings. The Balaban J connectivity index is 0.00000578. The van der Waals surface area contributed by atoms with Gasteiger partial charge in [0.2, 0.25) is 0 Å². The van der Waals surface area contributed by atoms with Crippen molar-refractivity contribution in [2.45, 2.75) is 38.4 Å². The maximum Gasteiger partial charge on any atom is 3.00 e. The molecule has 1 atom stereocenters. The van der Waals surface area contributed by atoms with Crippen LogP contribution in [0.1, 0.15) is 30.7 Å². The van der Waals surface area contributed by atoms with Crippen molar-refractivity contribution < 1.29 is 76.5 Å². The number of carboxylic acids is 4. The average Bonchev–Trinajstić information content (AvgIpc) is 2.70. The molecule has 2 rings (SSSR count). The number of hydrogen-bond acceptors (Lipinski definition) is 11.